The van der Waals surface area contributed by atoms with Crippen molar-refractivity contribution in [3.05, 3.63) is 35.4 Å². The normalized spacial score (nSPS) is 27.9. The number of likely N-dealkylation sites (tertiary alicyclic amines) is 1. The van der Waals surface area contributed by atoms with Gasteiger partial charge in [-0.3, -0.25) is 0 Å². The fourth-order valence-corrected chi connectivity index (χ4v) is 5.09. The van der Waals surface area contributed by atoms with Gasteiger partial charge in [0.05, 0.1) is 0 Å². The zero-order chi connectivity index (χ0) is 20.3. The third-order valence-corrected chi connectivity index (χ3v) is 6.58. The lowest BCUT2D eigenvalue weighted by Crippen LogP contribution is -2.65. The molecule has 0 radical (unpaired) electrons. The summed E-state index contributed by atoms with van der Waals surface area (Å²) in [5.74, 6) is 0.934. The van der Waals surface area contributed by atoms with Gasteiger partial charge in [-0.05, 0) is 45.4 Å². The maximum absolute atomic E-state index is 12.1. The Balaban J connectivity index is 1.27. The summed E-state index contributed by atoms with van der Waals surface area (Å²) in [6, 6.07) is 7.55. The van der Waals surface area contributed by atoms with Crippen LogP contribution in [0, 0.1) is 17.3 Å². The first-order valence-electron chi connectivity index (χ1n) is 10.3. The minimum absolute atomic E-state index is 0.212. The summed E-state index contributed by atoms with van der Waals surface area (Å²) in [5, 5.41) is 21.2. The Morgan fingerprint density at radius 2 is 1.71 bits per heavy atom. The molecule has 1 saturated carbocycles. The fourth-order valence-electron chi connectivity index (χ4n) is 5.09. The Morgan fingerprint density at radius 1 is 1.18 bits per heavy atom. The van der Waals surface area contributed by atoms with Gasteiger partial charge in [0.1, 0.15) is 18.1 Å². The van der Waals surface area contributed by atoms with Gasteiger partial charge >= 0.3 is 6.09 Å². The average Bonchev–Trinajstić information content (AvgIpc) is 2.76. The van der Waals surface area contributed by atoms with E-state index < -0.39 is 18.1 Å². The van der Waals surface area contributed by atoms with Gasteiger partial charge in [-0.15, -0.1) is 0 Å². The number of hydrogen-bond acceptors (Lipinski definition) is 5. The van der Waals surface area contributed by atoms with Gasteiger partial charge in [-0.25, -0.2) is 9.69 Å². The highest BCUT2D eigenvalue weighted by Gasteiger charge is 2.55. The molecule has 3 aliphatic rings. The molecule has 1 aromatic rings. The Morgan fingerprint density at radius 3 is 2.21 bits per heavy atom. The van der Waals surface area contributed by atoms with Crippen LogP contribution in [-0.4, -0.2) is 51.3 Å². The molecule has 3 atom stereocenters. The number of carbonyl (C=O) groups excluding carboxylic acids is 1. The summed E-state index contributed by atoms with van der Waals surface area (Å²) in [4.78, 5) is 15.7. The fraction of sp³-hybridized carbons (Fsp3) is 0.682. The molecule has 2 N–H and O–H groups in total. The molecule has 0 bridgehead atoms. The Hall–Kier alpha value is -1.63. The van der Waals surface area contributed by atoms with E-state index in [-0.39, 0.29) is 11.5 Å². The van der Waals surface area contributed by atoms with Crippen LogP contribution in [0.1, 0.15) is 64.1 Å². The van der Waals surface area contributed by atoms with Gasteiger partial charge in [0.25, 0.3) is 0 Å². The first-order chi connectivity index (χ1) is 13.1. The number of aliphatic hydroxyl groups is 2. The zero-order valence-electron chi connectivity index (χ0n) is 17.3. The van der Waals surface area contributed by atoms with Crippen molar-refractivity contribution in [3.63, 3.8) is 0 Å². The van der Waals surface area contributed by atoms with Crippen LogP contribution in [0.5, 0.6) is 0 Å². The van der Waals surface area contributed by atoms with Crippen molar-refractivity contribution in [2.24, 2.45) is 17.3 Å². The number of aliphatic hydroxyl groups excluding tert-OH is 2. The summed E-state index contributed by atoms with van der Waals surface area (Å²) in [6.07, 6.45) is 0.500. The van der Waals surface area contributed by atoms with Gasteiger partial charge in [-0.2, -0.15) is 0 Å². The third-order valence-electron chi connectivity index (χ3n) is 6.58. The monoisotopic (exact) mass is 388 g/mol. The molecule has 2 aliphatic heterocycles. The standard InChI is InChI=1S/C22H32N2O4/c1-14(11-24-18(25)16-7-5-6-8-17(16)19(24)26)15-9-22(10-15)12-23(13-22)20(27)28-21(2,3)4/h5-8,14-15,18-19,25-26H,9-13H2,1-4H3/t14-,18?,19?/m0/s1. The highest BCUT2D eigenvalue weighted by atomic mass is 16.6. The van der Waals surface area contributed by atoms with Crippen LogP contribution in [-0.2, 0) is 4.74 Å². The number of benzene rings is 1. The molecule has 4 rings (SSSR count). The molecule has 154 valence electrons. The topological polar surface area (TPSA) is 73.2 Å². The second-order valence-electron chi connectivity index (χ2n) is 10.1. The van der Waals surface area contributed by atoms with Crippen molar-refractivity contribution in [1.29, 1.82) is 0 Å². The van der Waals surface area contributed by atoms with E-state index in [0.29, 0.717) is 18.4 Å². The summed E-state index contributed by atoms with van der Waals surface area (Å²) >= 11 is 0. The zero-order valence-corrected chi connectivity index (χ0v) is 17.3. The lowest BCUT2D eigenvalue weighted by Gasteiger charge is -2.60. The number of hydrogen-bond donors (Lipinski definition) is 2. The molecule has 0 aromatic heterocycles. The largest absolute Gasteiger partial charge is 0.444 e. The molecule has 6 nitrogen and oxygen atoms in total. The van der Waals surface area contributed by atoms with Crippen LogP contribution in [0.4, 0.5) is 4.79 Å². The number of nitrogens with zero attached hydrogens (tertiary/aromatic N) is 2. The second-order valence-corrected chi connectivity index (χ2v) is 10.1. The molecular weight excluding hydrogens is 356 g/mol. The number of fused-ring (bicyclic) bond motifs is 1. The molecule has 6 heteroatoms. The van der Waals surface area contributed by atoms with E-state index in [1.807, 2.05) is 45.0 Å². The lowest BCUT2D eigenvalue weighted by atomic mass is 9.55. The van der Waals surface area contributed by atoms with E-state index in [4.69, 9.17) is 4.74 Å². The summed E-state index contributed by atoms with van der Waals surface area (Å²) in [5.41, 5.74) is 1.41. The Kier molecular flexibility index (Phi) is 4.72. The quantitative estimate of drug-likeness (QED) is 0.831. The van der Waals surface area contributed by atoms with Crippen molar-refractivity contribution in [1.82, 2.24) is 9.80 Å². The van der Waals surface area contributed by atoms with Gasteiger partial charge in [0, 0.05) is 36.2 Å². The van der Waals surface area contributed by atoms with Crippen molar-refractivity contribution in [3.8, 4) is 0 Å². The number of amides is 1. The van der Waals surface area contributed by atoms with Crippen LogP contribution in [0.2, 0.25) is 0 Å². The van der Waals surface area contributed by atoms with E-state index in [0.717, 1.165) is 37.1 Å². The molecule has 28 heavy (non-hydrogen) atoms. The highest BCUT2D eigenvalue weighted by Crippen LogP contribution is 2.55. The van der Waals surface area contributed by atoms with Gasteiger partial charge < -0.3 is 19.8 Å². The minimum Gasteiger partial charge on any atom is -0.444 e. The molecule has 2 unspecified atom stereocenters. The number of carbonyl (C=O) groups is 1. The van der Waals surface area contributed by atoms with Crippen LogP contribution < -0.4 is 0 Å². The number of rotatable bonds is 3. The van der Waals surface area contributed by atoms with Gasteiger partial charge in [-0.1, -0.05) is 31.2 Å². The predicted octanol–water partition coefficient (Wildman–Crippen LogP) is 3.27. The highest BCUT2D eigenvalue weighted by molar-refractivity contribution is 5.69. The van der Waals surface area contributed by atoms with Gasteiger partial charge in [0.15, 0.2) is 0 Å². The minimum atomic E-state index is -0.742. The lowest BCUT2D eigenvalue weighted by molar-refractivity contribution is -0.127. The van der Waals surface area contributed by atoms with Crippen molar-refractivity contribution in [2.75, 3.05) is 19.6 Å². The summed E-state index contributed by atoms with van der Waals surface area (Å²) in [7, 11) is 0. The molecule has 1 aliphatic carbocycles. The van der Waals surface area contributed by atoms with Crippen molar-refractivity contribution >= 4 is 6.09 Å². The first kappa shape index (κ1) is 19.7. The first-order valence-corrected chi connectivity index (χ1v) is 10.3. The molecule has 1 amide bonds. The van der Waals surface area contributed by atoms with E-state index in [1.54, 1.807) is 9.80 Å². The van der Waals surface area contributed by atoms with Crippen LogP contribution in [0.3, 0.4) is 0 Å². The van der Waals surface area contributed by atoms with E-state index in [2.05, 4.69) is 6.92 Å². The molecular formula is C22H32N2O4. The average molecular weight is 389 g/mol. The summed E-state index contributed by atoms with van der Waals surface area (Å²) < 4.78 is 5.45. The van der Waals surface area contributed by atoms with Crippen molar-refractivity contribution < 1.29 is 19.7 Å². The molecule has 1 saturated heterocycles. The smallest absolute Gasteiger partial charge is 0.410 e. The van der Waals surface area contributed by atoms with Crippen LogP contribution in [0.25, 0.3) is 0 Å². The maximum atomic E-state index is 12.1. The van der Waals surface area contributed by atoms with Crippen LogP contribution in [0.15, 0.2) is 24.3 Å². The third kappa shape index (κ3) is 3.42. The van der Waals surface area contributed by atoms with Crippen molar-refractivity contribution in [2.45, 2.75) is 58.6 Å². The van der Waals surface area contributed by atoms with Crippen LogP contribution >= 0.6 is 0 Å². The SMILES string of the molecule is C[C@@H](CN1C(O)c2ccccc2C1O)C1CC2(C1)CN(C(=O)OC(C)(C)C)C2. The molecule has 2 heterocycles. The molecule has 1 spiro atoms. The van der Waals surface area contributed by atoms with Gasteiger partial charge in [0.2, 0.25) is 0 Å². The Bertz CT molecular complexity index is 716. The van der Waals surface area contributed by atoms with E-state index >= 15 is 0 Å². The van der Waals surface area contributed by atoms with E-state index in [1.165, 1.54) is 0 Å². The number of ether oxygens (including phenoxy) is 1. The summed E-state index contributed by atoms with van der Waals surface area (Å²) in [6.45, 7) is 10.1. The molecule has 1 aromatic carbocycles. The maximum Gasteiger partial charge on any atom is 0.410 e. The molecule has 2 fully saturated rings. The van der Waals surface area contributed by atoms with E-state index in [9.17, 15) is 15.0 Å². The Labute approximate surface area is 167 Å². The predicted molar refractivity (Wildman–Crippen MR) is 105 cm³/mol. The second kappa shape index (κ2) is 6.71.